The number of fused-ring (bicyclic) bond motifs is 6. The van der Waals surface area contributed by atoms with Gasteiger partial charge < -0.3 is 44.1 Å². The molecule has 1 aromatic heterocycles. The highest BCUT2D eigenvalue weighted by Crippen LogP contribution is 2.42. The van der Waals surface area contributed by atoms with E-state index in [1.807, 2.05) is 26.0 Å². The molecule has 77 heavy (non-hydrogen) atoms. The number of amides is 5. The maximum Gasteiger partial charge on any atom is 0.413 e. The van der Waals surface area contributed by atoms with E-state index in [0.717, 1.165) is 70.6 Å². The number of nitrogens with one attached hydrogen (secondary N) is 3. The van der Waals surface area contributed by atoms with Gasteiger partial charge in [-0.15, -0.1) is 0 Å². The molecule has 3 N–H and O–H groups in total. The first-order valence-electron chi connectivity index (χ1n) is 27.3. The summed E-state index contributed by atoms with van der Waals surface area (Å²) in [5, 5.41) is 8.40. The second-order valence-electron chi connectivity index (χ2n) is 22.4. The number of hydrazine groups is 1. The topological polar surface area (TPSA) is 187 Å². The first kappa shape index (κ1) is 56.6. The van der Waals surface area contributed by atoms with E-state index in [0.29, 0.717) is 64.0 Å². The second kappa shape index (κ2) is 24.8. The normalized spacial score (nSPS) is 20.8. The molecule has 0 spiro atoms. The number of piperazine rings is 1. The van der Waals surface area contributed by atoms with E-state index in [1.54, 1.807) is 25.1 Å². The lowest BCUT2D eigenvalue weighted by Crippen LogP contribution is -2.62. The van der Waals surface area contributed by atoms with Crippen LogP contribution in [0.3, 0.4) is 0 Å². The van der Waals surface area contributed by atoms with Gasteiger partial charge in [-0.05, 0) is 110 Å². The van der Waals surface area contributed by atoms with Crippen molar-refractivity contribution in [1.82, 2.24) is 45.2 Å². The van der Waals surface area contributed by atoms with E-state index in [2.05, 4.69) is 107 Å². The summed E-state index contributed by atoms with van der Waals surface area (Å²) >= 11 is 0. The molecule has 5 amide bonds. The molecule has 3 saturated heterocycles. The van der Waals surface area contributed by atoms with Crippen molar-refractivity contribution in [3.63, 3.8) is 0 Å². The lowest BCUT2D eigenvalue weighted by atomic mass is 9.83. The van der Waals surface area contributed by atoms with Crippen LogP contribution >= 0.6 is 0 Å². The van der Waals surface area contributed by atoms with Crippen LogP contribution in [-0.2, 0) is 59.3 Å². The number of nitrogens with zero attached hydrogens (tertiary/aromatic N) is 6. The molecule has 8 rings (SSSR count). The number of aryl methyl sites for hydroxylation is 1. The third-order valence-electron chi connectivity index (χ3n) is 15.6. The third-order valence-corrected chi connectivity index (χ3v) is 15.6. The molecule has 414 valence electrons. The van der Waals surface area contributed by atoms with E-state index in [1.165, 1.54) is 16.0 Å². The number of likely N-dealkylation sites (N-methyl/N-ethyl adjacent to an activating group) is 2. The van der Waals surface area contributed by atoms with Crippen molar-refractivity contribution in [3.05, 3.63) is 90.0 Å². The fourth-order valence-corrected chi connectivity index (χ4v) is 11.5. The SMILES string of the molecule is C=CC(=O)N1CC[C@H](C(=O)N(C)[C@H](C(=O)N[C@H]2Cc3cc(OC(=O)NCN4CCN(C)CC4)cc(c3)-c3ccc4c(c3)c(c(-c3ccccc3CCOC)n4CC)CC(C)(C)COC(=O)[C@@H]3CCCN(N3)C2=O)C(C)C)C1. The zero-order valence-electron chi connectivity index (χ0n) is 46.3. The summed E-state index contributed by atoms with van der Waals surface area (Å²) in [4.78, 5) is 91.8. The minimum atomic E-state index is -1.22. The van der Waals surface area contributed by atoms with Gasteiger partial charge in [0, 0.05) is 94.8 Å². The minimum Gasteiger partial charge on any atom is -0.464 e. The first-order chi connectivity index (χ1) is 36.9. The number of rotatable bonds is 14. The van der Waals surface area contributed by atoms with Crippen molar-refractivity contribution in [2.75, 3.05) is 86.9 Å². The van der Waals surface area contributed by atoms with E-state index >= 15 is 4.79 Å². The Balaban J connectivity index is 1.23. The molecule has 3 fully saturated rings. The van der Waals surface area contributed by atoms with Crippen LogP contribution in [0.1, 0.15) is 70.6 Å². The number of aromatic nitrogens is 1. The predicted molar refractivity (Wildman–Crippen MR) is 295 cm³/mol. The molecule has 4 aliphatic heterocycles. The van der Waals surface area contributed by atoms with Crippen LogP contribution in [-0.4, -0.2) is 170 Å². The number of ether oxygens (including phenoxy) is 3. The number of methoxy groups -OCH3 is 1. The van der Waals surface area contributed by atoms with Gasteiger partial charge in [-0.3, -0.25) is 33.9 Å². The maximum atomic E-state index is 15.1. The number of likely N-dealkylation sites (tertiary alicyclic amines) is 1. The van der Waals surface area contributed by atoms with Crippen molar-refractivity contribution in [1.29, 1.82) is 0 Å². The quantitative estimate of drug-likeness (QED) is 0.104. The molecule has 6 bridgehead atoms. The number of carbonyl (C=O) groups is 6. The number of esters is 1. The average molecular weight is 1060 g/mol. The van der Waals surface area contributed by atoms with E-state index in [4.69, 9.17) is 14.2 Å². The maximum absolute atomic E-state index is 15.1. The van der Waals surface area contributed by atoms with E-state index < -0.39 is 53.3 Å². The van der Waals surface area contributed by atoms with Crippen molar-refractivity contribution < 1.29 is 43.0 Å². The molecular weight excluding hydrogens is 979 g/mol. The highest BCUT2D eigenvalue weighted by Gasteiger charge is 2.40. The molecule has 0 saturated carbocycles. The van der Waals surface area contributed by atoms with Gasteiger partial charge in [-0.2, -0.15) is 0 Å². The Bertz CT molecular complexity index is 2840. The summed E-state index contributed by atoms with van der Waals surface area (Å²) < 4.78 is 20.2. The molecular formula is C59H79N9O9. The Hall–Kier alpha value is -6.60. The fourth-order valence-electron chi connectivity index (χ4n) is 11.5. The van der Waals surface area contributed by atoms with Crippen molar-refractivity contribution in [2.24, 2.45) is 17.3 Å². The smallest absolute Gasteiger partial charge is 0.413 e. The van der Waals surface area contributed by atoms with Gasteiger partial charge in [-0.1, -0.05) is 70.7 Å². The largest absolute Gasteiger partial charge is 0.464 e. The van der Waals surface area contributed by atoms with Crippen LogP contribution in [0.15, 0.2) is 73.3 Å². The zero-order chi connectivity index (χ0) is 55.1. The van der Waals surface area contributed by atoms with Crippen LogP contribution in [0.25, 0.3) is 33.3 Å². The van der Waals surface area contributed by atoms with Crippen LogP contribution in [0.2, 0.25) is 0 Å². The molecule has 4 atom stereocenters. The number of hydrogen-bond acceptors (Lipinski definition) is 12. The molecule has 18 nitrogen and oxygen atoms in total. The Morgan fingerprint density at radius 2 is 1.74 bits per heavy atom. The Labute approximate surface area is 453 Å². The number of carbonyl (C=O) groups excluding carboxylic acids is 6. The molecule has 5 heterocycles. The van der Waals surface area contributed by atoms with Crippen molar-refractivity contribution in [2.45, 2.75) is 97.8 Å². The molecule has 4 aromatic rings. The Morgan fingerprint density at radius 1 is 0.974 bits per heavy atom. The van der Waals surface area contributed by atoms with Crippen molar-refractivity contribution in [3.8, 4) is 28.1 Å². The van der Waals surface area contributed by atoms with Gasteiger partial charge >= 0.3 is 12.1 Å². The van der Waals surface area contributed by atoms with Crippen LogP contribution in [0.5, 0.6) is 5.75 Å². The highest BCUT2D eigenvalue weighted by atomic mass is 16.6. The molecule has 18 heteroatoms. The van der Waals surface area contributed by atoms with Gasteiger partial charge in [0.2, 0.25) is 17.7 Å². The number of benzene rings is 3. The zero-order valence-corrected chi connectivity index (χ0v) is 46.3. The molecule has 0 radical (unpaired) electrons. The molecule has 3 aromatic carbocycles. The Kier molecular flexibility index (Phi) is 18.2. The van der Waals surface area contributed by atoms with Gasteiger partial charge in [0.15, 0.2) is 0 Å². The first-order valence-corrected chi connectivity index (χ1v) is 27.3. The summed E-state index contributed by atoms with van der Waals surface area (Å²) in [6.45, 7) is 19.5. The number of cyclic esters (lactones) is 1. The average Bonchev–Trinajstić information content (AvgIpc) is 4.20. The van der Waals surface area contributed by atoms with Crippen molar-refractivity contribution >= 4 is 46.6 Å². The Morgan fingerprint density at radius 3 is 2.47 bits per heavy atom. The summed E-state index contributed by atoms with van der Waals surface area (Å²) in [6.07, 6.45) is 3.16. The van der Waals surface area contributed by atoms with Crippen LogP contribution in [0, 0.1) is 17.3 Å². The summed E-state index contributed by atoms with van der Waals surface area (Å²) in [5.41, 5.74) is 10.2. The van der Waals surface area contributed by atoms with Gasteiger partial charge in [0.05, 0.1) is 31.5 Å². The van der Waals surface area contributed by atoms with Crippen LogP contribution in [0.4, 0.5) is 4.79 Å². The summed E-state index contributed by atoms with van der Waals surface area (Å²) in [5.74, 6) is -2.72. The lowest BCUT2D eigenvalue weighted by Gasteiger charge is -2.37. The standard InChI is InChI=1S/C59H79N9O9/c1-10-51(69)66-23-20-42(35-66)55(71)64(8)52(38(3)4)54(70)61-49-31-39-29-43(32-44(30-39)77-58(74)60-37-65-26-24-63(7)25-27-65)41-18-19-50-46(33-41)47(53(67(50)11-2)45-16-13-12-15-40(45)21-28-75-9)34-59(5,6)36-76-57(73)48-17-14-22-68(62-48)56(49)72/h10,12-13,15-16,18-19,29-30,32-33,38,42,48-49,52,62H,1,11,14,17,20-28,31,34-37H2,2-9H3,(H,60,74)(H,61,70)/t42-,48-,49-,52-/m0/s1. The molecule has 0 unspecified atom stereocenters. The lowest BCUT2D eigenvalue weighted by molar-refractivity contribution is -0.155. The highest BCUT2D eigenvalue weighted by molar-refractivity contribution is 5.96. The van der Waals surface area contributed by atoms with Crippen LogP contribution < -0.4 is 20.8 Å². The van der Waals surface area contributed by atoms with Gasteiger partial charge in [0.1, 0.15) is 23.9 Å². The number of hydrogen-bond donors (Lipinski definition) is 3. The second-order valence-corrected chi connectivity index (χ2v) is 22.4. The fraction of sp³-hybridized carbons (Fsp3) is 0.525. The van der Waals surface area contributed by atoms with E-state index in [-0.39, 0.29) is 49.6 Å². The summed E-state index contributed by atoms with van der Waals surface area (Å²) in [7, 11) is 5.37. The van der Waals surface area contributed by atoms with Gasteiger partial charge in [0.25, 0.3) is 5.91 Å². The monoisotopic (exact) mass is 1060 g/mol. The van der Waals surface area contributed by atoms with Gasteiger partial charge in [-0.25, -0.2) is 10.2 Å². The minimum absolute atomic E-state index is 0.0506. The van der Waals surface area contributed by atoms with E-state index in [9.17, 15) is 24.0 Å². The molecule has 0 aliphatic carbocycles. The third kappa shape index (κ3) is 13.2. The predicted octanol–water partition coefficient (Wildman–Crippen LogP) is 5.64. The summed E-state index contributed by atoms with van der Waals surface area (Å²) in [6, 6.07) is 17.2. The molecule has 4 aliphatic rings.